The summed E-state index contributed by atoms with van der Waals surface area (Å²) in [7, 11) is 1.63. The average molecular weight is 281 g/mol. The summed E-state index contributed by atoms with van der Waals surface area (Å²) in [6, 6.07) is 17.0. The Labute approximate surface area is 122 Å². The van der Waals surface area contributed by atoms with Crippen molar-refractivity contribution in [1.82, 2.24) is 5.16 Å². The summed E-state index contributed by atoms with van der Waals surface area (Å²) in [4.78, 5) is 0. The van der Waals surface area contributed by atoms with Crippen molar-refractivity contribution >= 4 is 0 Å². The number of aliphatic hydroxyl groups is 1. The fourth-order valence-electron chi connectivity index (χ4n) is 2.20. The van der Waals surface area contributed by atoms with Crippen LogP contribution in [0.3, 0.4) is 0 Å². The van der Waals surface area contributed by atoms with Crippen LogP contribution in [0.1, 0.15) is 5.56 Å². The summed E-state index contributed by atoms with van der Waals surface area (Å²) < 4.78 is 10.5. The highest BCUT2D eigenvalue weighted by atomic mass is 16.5. The molecule has 21 heavy (non-hydrogen) atoms. The monoisotopic (exact) mass is 281 g/mol. The number of methoxy groups -OCH3 is 1. The van der Waals surface area contributed by atoms with Gasteiger partial charge >= 0.3 is 0 Å². The lowest BCUT2D eigenvalue weighted by Crippen LogP contribution is -1.88. The first-order valence-corrected chi connectivity index (χ1v) is 6.62. The van der Waals surface area contributed by atoms with Crippen molar-refractivity contribution in [2.45, 2.75) is 6.61 Å². The lowest BCUT2D eigenvalue weighted by Gasteiger charge is -2.02. The summed E-state index contributed by atoms with van der Waals surface area (Å²) in [5.41, 5.74) is 3.34. The van der Waals surface area contributed by atoms with Gasteiger partial charge < -0.3 is 14.4 Å². The van der Waals surface area contributed by atoms with E-state index in [4.69, 9.17) is 9.26 Å². The highest BCUT2D eigenvalue weighted by molar-refractivity contribution is 5.69. The summed E-state index contributed by atoms with van der Waals surface area (Å²) in [6.07, 6.45) is 0. The Balaban J connectivity index is 1.95. The molecule has 0 aliphatic carbocycles. The van der Waals surface area contributed by atoms with E-state index in [0.29, 0.717) is 11.5 Å². The summed E-state index contributed by atoms with van der Waals surface area (Å²) in [5.74, 6) is 1.48. The van der Waals surface area contributed by atoms with Crippen LogP contribution < -0.4 is 4.74 Å². The molecule has 4 heteroatoms. The van der Waals surface area contributed by atoms with Gasteiger partial charge in [-0.15, -0.1) is 0 Å². The smallest absolute Gasteiger partial charge is 0.167 e. The Hall–Kier alpha value is -2.59. The zero-order chi connectivity index (χ0) is 14.7. The molecular weight excluding hydrogens is 266 g/mol. The van der Waals surface area contributed by atoms with Gasteiger partial charge in [0.15, 0.2) is 5.76 Å². The van der Waals surface area contributed by atoms with Gasteiger partial charge in [-0.3, -0.25) is 0 Å². The topological polar surface area (TPSA) is 55.5 Å². The fraction of sp³-hybridized carbons (Fsp3) is 0.118. The first-order chi connectivity index (χ1) is 10.3. The van der Waals surface area contributed by atoms with Crippen LogP contribution in [0.4, 0.5) is 0 Å². The molecule has 0 aliphatic heterocycles. The molecule has 3 rings (SSSR count). The number of aromatic nitrogens is 1. The van der Waals surface area contributed by atoms with Gasteiger partial charge in [-0.05, 0) is 29.8 Å². The molecular formula is C17H15NO3. The average Bonchev–Trinajstić information content (AvgIpc) is 3.04. The molecule has 0 atom stereocenters. The molecule has 106 valence electrons. The quantitative estimate of drug-likeness (QED) is 0.795. The SMILES string of the molecule is COc1ccc(-c2cc(-c3ccccc3CO)no2)cc1. The van der Waals surface area contributed by atoms with Crippen molar-refractivity contribution in [1.29, 1.82) is 0 Å². The van der Waals surface area contributed by atoms with E-state index in [9.17, 15) is 5.11 Å². The molecule has 0 saturated carbocycles. The maximum Gasteiger partial charge on any atom is 0.167 e. The van der Waals surface area contributed by atoms with Gasteiger partial charge in [0.2, 0.25) is 0 Å². The van der Waals surface area contributed by atoms with Crippen LogP contribution in [-0.4, -0.2) is 17.4 Å². The molecule has 0 radical (unpaired) electrons. The van der Waals surface area contributed by atoms with Crippen molar-refractivity contribution in [2.24, 2.45) is 0 Å². The number of benzene rings is 2. The van der Waals surface area contributed by atoms with Crippen LogP contribution in [0.2, 0.25) is 0 Å². The predicted molar refractivity (Wildman–Crippen MR) is 79.8 cm³/mol. The Kier molecular flexibility index (Phi) is 3.71. The summed E-state index contributed by atoms with van der Waals surface area (Å²) >= 11 is 0. The third-order valence-electron chi connectivity index (χ3n) is 3.35. The third-order valence-corrected chi connectivity index (χ3v) is 3.35. The minimum absolute atomic E-state index is 0.0269. The second-order valence-electron chi connectivity index (χ2n) is 4.62. The van der Waals surface area contributed by atoms with Crippen molar-refractivity contribution in [3.8, 4) is 28.3 Å². The highest BCUT2D eigenvalue weighted by Crippen LogP contribution is 2.29. The van der Waals surface area contributed by atoms with Gasteiger partial charge in [0.1, 0.15) is 11.4 Å². The Bertz CT molecular complexity index is 732. The van der Waals surface area contributed by atoms with Crippen LogP contribution in [-0.2, 0) is 6.61 Å². The molecule has 1 aromatic heterocycles. The van der Waals surface area contributed by atoms with Crippen molar-refractivity contribution < 1.29 is 14.4 Å². The fourth-order valence-corrected chi connectivity index (χ4v) is 2.20. The van der Waals surface area contributed by atoms with E-state index in [1.54, 1.807) is 7.11 Å². The van der Waals surface area contributed by atoms with Crippen molar-refractivity contribution in [3.63, 3.8) is 0 Å². The molecule has 0 spiro atoms. The number of ether oxygens (including phenoxy) is 1. The molecule has 0 aliphatic rings. The Morgan fingerprint density at radius 3 is 2.57 bits per heavy atom. The number of aliphatic hydroxyl groups excluding tert-OH is 1. The molecule has 1 heterocycles. The number of hydrogen-bond donors (Lipinski definition) is 1. The lowest BCUT2D eigenvalue weighted by molar-refractivity contribution is 0.282. The zero-order valence-electron chi connectivity index (χ0n) is 11.6. The van der Waals surface area contributed by atoms with E-state index in [0.717, 1.165) is 22.4 Å². The molecule has 0 bridgehead atoms. The Morgan fingerprint density at radius 2 is 1.86 bits per heavy atom. The molecule has 1 N–H and O–H groups in total. The molecule has 0 saturated heterocycles. The zero-order valence-corrected chi connectivity index (χ0v) is 11.6. The Morgan fingerprint density at radius 1 is 1.10 bits per heavy atom. The van der Waals surface area contributed by atoms with E-state index >= 15 is 0 Å². The molecule has 3 aromatic rings. The van der Waals surface area contributed by atoms with Gasteiger partial charge in [-0.1, -0.05) is 29.4 Å². The first-order valence-electron chi connectivity index (χ1n) is 6.62. The maximum atomic E-state index is 9.39. The van der Waals surface area contributed by atoms with E-state index < -0.39 is 0 Å². The minimum atomic E-state index is -0.0269. The van der Waals surface area contributed by atoms with E-state index in [2.05, 4.69) is 5.16 Å². The summed E-state index contributed by atoms with van der Waals surface area (Å²) in [5, 5.41) is 13.5. The molecule has 0 amide bonds. The first kappa shape index (κ1) is 13.4. The van der Waals surface area contributed by atoms with Crippen LogP contribution in [0.25, 0.3) is 22.6 Å². The molecule has 2 aromatic carbocycles. The summed E-state index contributed by atoms with van der Waals surface area (Å²) in [6.45, 7) is -0.0269. The largest absolute Gasteiger partial charge is 0.497 e. The minimum Gasteiger partial charge on any atom is -0.497 e. The van der Waals surface area contributed by atoms with E-state index in [1.165, 1.54) is 0 Å². The van der Waals surface area contributed by atoms with E-state index in [1.807, 2.05) is 54.6 Å². The van der Waals surface area contributed by atoms with Gasteiger partial charge in [-0.2, -0.15) is 0 Å². The van der Waals surface area contributed by atoms with Crippen LogP contribution in [0.5, 0.6) is 5.75 Å². The second kappa shape index (κ2) is 5.81. The highest BCUT2D eigenvalue weighted by Gasteiger charge is 2.11. The van der Waals surface area contributed by atoms with Gasteiger partial charge in [0.25, 0.3) is 0 Å². The second-order valence-corrected chi connectivity index (χ2v) is 4.62. The van der Waals surface area contributed by atoms with Gasteiger partial charge in [-0.25, -0.2) is 0 Å². The van der Waals surface area contributed by atoms with E-state index in [-0.39, 0.29) is 6.61 Å². The molecule has 0 fully saturated rings. The van der Waals surface area contributed by atoms with Crippen LogP contribution >= 0.6 is 0 Å². The maximum absolute atomic E-state index is 9.39. The van der Waals surface area contributed by atoms with Crippen molar-refractivity contribution in [3.05, 3.63) is 60.2 Å². The molecule has 4 nitrogen and oxygen atoms in total. The number of nitrogens with zero attached hydrogens (tertiary/aromatic N) is 1. The van der Waals surface area contributed by atoms with Gasteiger partial charge in [0.05, 0.1) is 13.7 Å². The van der Waals surface area contributed by atoms with Crippen LogP contribution in [0.15, 0.2) is 59.1 Å². The number of hydrogen-bond acceptors (Lipinski definition) is 4. The van der Waals surface area contributed by atoms with Gasteiger partial charge in [0, 0.05) is 17.2 Å². The third kappa shape index (κ3) is 2.66. The molecule has 0 unspecified atom stereocenters. The lowest BCUT2D eigenvalue weighted by atomic mass is 10.0. The normalized spacial score (nSPS) is 10.6. The number of rotatable bonds is 4. The van der Waals surface area contributed by atoms with Crippen molar-refractivity contribution in [2.75, 3.05) is 7.11 Å². The predicted octanol–water partition coefficient (Wildman–Crippen LogP) is 3.51. The van der Waals surface area contributed by atoms with Crippen LogP contribution in [0, 0.1) is 0 Å². The standard InChI is InChI=1S/C17H15NO3/c1-20-14-8-6-12(7-9-14)17-10-16(18-21-17)15-5-3-2-4-13(15)11-19/h2-10,19H,11H2,1H3.